The summed E-state index contributed by atoms with van der Waals surface area (Å²) in [6.07, 6.45) is 5.31. The fourth-order valence-electron chi connectivity index (χ4n) is 2.74. The Morgan fingerprint density at radius 1 is 1.08 bits per heavy atom. The van der Waals surface area contributed by atoms with Gasteiger partial charge >= 0.3 is 0 Å². The largest absolute Gasteiger partial charge is 0.369 e. The van der Waals surface area contributed by atoms with E-state index in [1.807, 2.05) is 0 Å². The van der Waals surface area contributed by atoms with Crippen LogP contribution in [0.3, 0.4) is 0 Å². The Balaban J connectivity index is 0.000000720. The molecular weight excluding hydrogens is 148 g/mol. The molecule has 1 heteroatoms. The first-order chi connectivity index (χ1) is 5.02. The molecule has 0 aromatic carbocycles. The van der Waals surface area contributed by atoms with E-state index >= 15 is 0 Å². The van der Waals surface area contributed by atoms with Crippen molar-refractivity contribution < 1.29 is 4.74 Å². The molecular formula is C11H22O. The number of hydrogen-bond acceptors (Lipinski definition) is 1. The molecule has 2 heterocycles. The van der Waals surface area contributed by atoms with Crippen LogP contribution in [0, 0.1) is 5.92 Å². The lowest BCUT2D eigenvalue weighted by molar-refractivity contribution is -0.229. The van der Waals surface area contributed by atoms with Gasteiger partial charge in [0, 0.05) is 0 Å². The van der Waals surface area contributed by atoms with Crippen LogP contribution in [-0.4, -0.2) is 11.2 Å². The minimum absolute atomic E-state index is 0. The van der Waals surface area contributed by atoms with Gasteiger partial charge in [0.15, 0.2) is 0 Å². The Morgan fingerprint density at radius 2 is 1.58 bits per heavy atom. The molecule has 0 N–H and O–H groups in total. The Labute approximate surface area is 76.5 Å². The summed E-state index contributed by atoms with van der Waals surface area (Å²) >= 11 is 0. The van der Waals surface area contributed by atoms with Gasteiger partial charge in [-0.25, -0.2) is 0 Å². The van der Waals surface area contributed by atoms with E-state index in [1.54, 1.807) is 0 Å². The van der Waals surface area contributed by atoms with Crippen molar-refractivity contribution in [3.05, 3.63) is 0 Å². The Bertz CT molecular complexity index is 161. The summed E-state index contributed by atoms with van der Waals surface area (Å²) in [5.41, 5.74) is 0.378. The van der Waals surface area contributed by atoms with Gasteiger partial charge in [-0.15, -0.1) is 0 Å². The summed E-state index contributed by atoms with van der Waals surface area (Å²) in [5.74, 6) is 0.823. The summed E-state index contributed by atoms with van der Waals surface area (Å²) in [5, 5.41) is 0. The molecule has 0 unspecified atom stereocenters. The monoisotopic (exact) mass is 170 g/mol. The summed E-state index contributed by atoms with van der Waals surface area (Å²) in [7, 11) is 0. The first-order valence-electron chi connectivity index (χ1n) is 4.72. The second kappa shape index (κ2) is 2.73. The average molecular weight is 170 g/mol. The lowest BCUT2D eigenvalue weighted by Crippen LogP contribution is -2.53. The van der Waals surface area contributed by atoms with E-state index in [1.165, 1.54) is 25.7 Å². The smallest absolute Gasteiger partial charge is 0.0662 e. The van der Waals surface area contributed by atoms with E-state index in [9.17, 15) is 0 Å². The predicted octanol–water partition coefficient (Wildman–Crippen LogP) is 3.38. The normalized spacial score (nSPS) is 43.8. The van der Waals surface area contributed by atoms with Gasteiger partial charge in [0.1, 0.15) is 0 Å². The molecule has 12 heavy (non-hydrogen) atoms. The van der Waals surface area contributed by atoms with Crippen molar-refractivity contribution in [2.24, 2.45) is 5.92 Å². The minimum Gasteiger partial charge on any atom is -0.369 e. The van der Waals surface area contributed by atoms with Crippen molar-refractivity contribution in [2.45, 2.75) is 65.1 Å². The average Bonchev–Trinajstić information content (AvgIpc) is 1.84. The maximum atomic E-state index is 6.06. The standard InChI is InChI=1S/C10H18O.CH4/c1-9(2)8-4-6-10(3,11-9)7-5-8;/h8H,4-7H2,1-3H3;1H4. The number of ether oxygens (including phenoxy) is 1. The third-order valence-corrected chi connectivity index (χ3v) is 3.54. The second-order valence-electron chi connectivity index (χ2n) is 4.93. The van der Waals surface area contributed by atoms with Crippen molar-refractivity contribution >= 4 is 0 Å². The molecule has 0 radical (unpaired) electrons. The lowest BCUT2D eigenvalue weighted by Gasteiger charge is -2.54. The first-order valence-corrected chi connectivity index (χ1v) is 4.72. The van der Waals surface area contributed by atoms with Gasteiger partial charge in [0.25, 0.3) is 0 Å². The zero-order chi connectivity index (χ0) is 8.11. The van der Waals surface area contributed by atoms with Crippen LogP contribution < -0.4 is 0 Å². The summed E-state index contributed by atoms with van der Waals surface area (Å²) in [6, 6.07) is 0. The lowest BCUT2D eigenvalue weighted by atomic mass is 9.69. The zero-order valence-corrected chi connectivity index (χ0v) is 7.81. The van der Waals surface area contributed by atoms with Crippen LogP contribution in [-0.2, 0) is 4.74 Å². The Morgan fingerprint density at radius 3 is 1.83 bits per heavy atom. The van der Waals surface area contributed by atoms with Crippen molar-refractivity contribution in [2.75, 3.05) is 0 Å². The molecule has 3 fully saturated rings. The SMILES string of the molecule is C.CC12CCC(CC1)C(C)(C)O2. The topological polar surface area (TPSA) is 9.23 Å². The van der Waals surface area contributed by atoms with E-state index in [0.717, 1.165) is 5.92 Å². The molecule has 1 nitrogen and oxygen atoms in total. The third kappa shape index (κ3) is 1.39. The van der Waals surface area contributed by atoms with Gasteiger partial charge in [-0.2, -0.15) is 0 Å². The van der Waals surface area contributed by atoms with E-state index in [-0.39, 0.29) is 18.6 Å². The molecule has 2 bridgehead atoms. The van der Waals surface area contributed by atoms with Crippen LogP contribution >= 0.6 is 0 Å². The number of fused-ring (bicyclic) bond motifs is 3. The highest BCUT2D eigenvalue weighted by atomic mass is 16.5. The Hall–Kier alpha value is -0.0400. The van der Waals surface area contributed by atoms with Crippen LogP contribution in [0.4, 0.5) is 0 Å². The molecule has 2 aliphatic heterocycles. The molecule has 1 saturated carbocycles. The molecule has 0 aromatic rings. The van der Waals surface area contributed by atoms with Crippen molar-refractivity contribution in [3.63, 3.8) is 0 Å². The van der Waals surface area contributed by atoms with Crippen molar-refractivity contribution in [1.82, 2.24) is 0 Å². The zero-order valence-electron chi connectivity index (χ0n) is 7.81. The fraction of sp³-hybridized carbons (Fsp3) is 1.00. The summed E-state index contributed by atoms with van der Waals surface area (Å²) in [6.45, 7) is 6.76. The van der Waals surface area contributed by atoms with Gasteiger partial charge in [0.05, 0.1) is 11.2 Å². The summed E-state index contributed by atoms with van der Waals surface area (Å²) < 4.78 is 6.06. The van der Waals surface area contributed by atoms with Gasteiger partial charge in [-0.05, 0) is 52.4 Å². The van der Waals surface area contributed by atoms with E-state index in [0.29, 0.717) is 0 Å². The van der Waals surface area contributed by atoms with E-state index in [4.69, 9.17) is 4.74 Å². The van der Waals surface area contributed by atoms with Gasteiger partial charge < -0.3 is 4.74 Å². The molecule has 3 rings (SSSR count). The molecule has 3 aliphatic rings. The first kappa shape index (κ1) is 10.0. The van der Waals surface area contributed by atoms with Gasteiger partial charge in [-0.3, -0.25) is 0 Å². The molecule has 0 aromatic heterocycles. The van der Waals surface area contributed by atoms with Crippen LogP contribution in [0.2, 0.25) is 0 Å². The van der Waals surface area contributed by atoms with Gasteiger partial charge in [0.2, 0.25) is 0 Å². The molecule has 2 saturated heterocycles. The van der Waals surface area contributed by atoms with Gasteiger partial charge in [-0.1, -0.05) is 7.43 Å². The minimum atomic E-state index is 0. The van der Waals surface area contributed by atoms with Crippen molar-refractivity contribution in [3.8, 4) is 0 Å². The third-order valence-electron chi connectivity index (χ3n) is 3.54. The maximum Gasteiger partial charge on any atom is 0.0662 e. The van der Waals surface area contributed by atoms with Crippen molar-refractivity contribution in [1.29, 1.82) is 0 Å². The Kier molecular flexibility index (Phi) is 2.28. The number of rotatable bonds is 0. The quantitative estimate of drug-likeness (QED) is 0.541. The van der Waals surface area contributed by atoms with Crippen LogP contribution in [0.5, 0.6) is 0 Å². The molecule has 0 atom stereocenters. The molecule has 72 valence electrons. The highest BCUT2D eigenvalue weighted by Crippen LogP contribution is 2.49. The maximum absolute atomic E-state index is 6.06. The van der Waals surface area contributed by atoms with E-state index < -0.39 is 0 Å². The number of hydrogen-bond donors (Lipinski definition) is 0. The van der Waals surface area contributed by atoms with E-state index in [2.05, 4.69) is 20.8 Å². The van der Waals surface area contributed by atoms with Crippen LogP contribution in [0.25, 0.3) is 0 Å². The molecule has 0 spiro atoms. The highest BCUT2D eigenvalue weighted by Gasteiger charge is 2.47. The van der Waals surface area contributed by atoms with Crippen LogP contribution in [0.15, 0.2) is 0 Å². The summed E-state index contributed by atoms with van der Waals surface area (Å²) in [4.78, 5) is 0. The predicted molar refractivity (Wildman–Crippen MR) is 52.3 cm³/mol. The second-order valence-corrected chi connectivity index (χ2v) is 4.93. The molecule has 0 amide bonds. The highest BCUT2D eigenvalue weighted by molar-refractivity contribution is 4.97. The van der Waals surface area contributed by atoms with Crippen LogP contribution in [0.1, 0.15) is 53.9 Å². The molecule has 1 aliphatic carbocycles. The fourth-order valence-corrected chi connectivity index (χ4v) is 2.74.